The molecule has 2 N–H and O–H groups in total. The zero-order valence-electron chi connectivity index (χ0n) is 7.63. The number of hydrogen-bond donors (Lipinski definition) is 2. The van der Waals surface area contributed by atoms with Crippen molar-refractivity contribution < 1.29 is 9.84 Å². The number of aliphatic hydroxyl groups excluding tert-OH is 1. The summed E-state index contributed by atoms with van der Waals surface area (Å²) in [6.45, 7) is 7.87. The second-order valence-electron chi connectivity index (χ2n) is 2.82. The van der Waals surface area contributed by atoms with Gasteiger partial charge in [-0.15, -0.1) is 0 Å². The molecule has 0 saturated heterocycles. The molecule has 0 aliphatic rings. The average Bonchev–Trinajstić information content (AvgIpc) is 1.97. The predicted molar refractivity (Wildman–Crippen MR) is 45.6 cm³/mol. The van der Waals surface area contributed by atoms with Crippen LogP contribution in [0.5, 0.6) is 0 Å². The van der Waals surface area contributed by atoms with E-state index in [4.69, 9.17) is 9.84 Å². The van der Waals surface area contributed by atoms with Gasteiger partial charge < -0.3 is 15.2 Å². The van der Waals surface area contributed by atoms with Crippen LogP contribution in [0.1, 0.15) is 20.8 Å². The lowest BCUT2D eigenvalue weighted by Crippen LogP contribution is -2.35. The Kier molecular flexibility index (Phi) is 6.51. The van der Waals surface area contributed by atoms with E-state index in [1.54, 1.807) is 6.92 Å². The van der Waals surface area contributed by atoms with E-state index in [0.29, 0.717) is 19.2 Å². The van der Waals surface area contributed by atoms with Crippen molar-refractivity contribution in [3.05, 3.63) is 0 Å². The molecule has 1 unspecified atom stereocenters. The van der Waals surface area contributed by atoms with Crippen LogP contribution < -0.4 is 5.32 Å². The number of hydrogen-bond acceptors (Lipinski definition) is 3. The van der Waals surface area contributed by atoms with Crippen LogP contribution in [0.2, 0.25) is 0 Å². The number of aliphatic hydroxyl groups is 1. The third-order valence-electron chi connectivity index (χ3n) is 1.33. The van der Waals surface area contributed by atoms with Crippen LogP contribution in [0.3, 0.4) is 0 Å². The van der Waals surface area contributed by atoms with Gasteiger partial charge >= 0.3 is 0 Å². The van der Waals surface area contributed by atoms with Crippen molar-refractivity contribution in [2.45, 2.75) is 32.9 Å². The molecule has 0 spiro atoms. The molecule has 0 aliphatic carbocycles. The van der Waals surface area contributed by atoms with Crippen LogP contribution in [0.4, 0.5) is 0 Å². The Morgan fingerprint density at radius 2 is 2.09 bits per heavy atom. The molecule has 0 bridgehead atoms. The zero-order chi connectivity index (χ0) is 8.69. The highest BCUT2D eigenvalue weighted by atomic mass is 16.5. The smallest absolute Gasteiger partial charge is 0.0636 e. The van der Waals surface area contributed by atoms with Gasteiger partial charge in [0.25, 0.3) is 0 Å². The molecule has 0 aromatic heterocycles. The van der Waals surface area contributed by atoms with Crippen molar-refractivity contribution in [2.24, 2.45) is 0 Å². The number of nitrogens with one attached hydrogen (secondary N) is 1. The minimum absolute atomic E-state index is 0.279. The summed E-state index contributed by atoms with van der Waals surface area (Å²) in [6.07, 6.45) is -0.279. The van der Waals surface area contributed by atoms with Crippen molar-refractivity contribution in [3.8, 4) is 0 Å². The van der Waals surface area contributed by atoms with Gasteiger partial charge in [0.1, 0.15) is 0 Å². The van der Waals surface area contributed by atoms with Gasteiger partial charge in [0.15, 0.2) is 0 Å². The minimum Gasteiger partial charge on any atom is -0.392 e. The molecule has 2 atom stereocenters. The normalized spacial score (nSPS) is 16.4. The summed E-state index contributed by atoms with van der Waals surface area (Å²) in [6, 6.07) is 0.324. The van der Waals surface area contributed by atoms with Gasteiger partial charge in [-0.25, -0.2) is 0 Å². The van der Waals surface area contributed by atoms with Crippen LogP contribution in [0.25, 0.3) is 0 Å². The topological polar surface area (TPSA) is 41.5 Å². The Balaban J connectivity index is 3.15. The summed E-state index contributed by atoms with van der Waals surface area (Å²) in [5, 5.41) is 12.1. The zero-order valence-corrected chi connectivity index (χ0v) is 7.63. The first-order valence-electron chi connectivity index (χ1n) is 4.16. The largest absolute Gasteiger partial charge is 0.392 e. The number of rotatable bonds is 6. The maximum Gasteiger partial charge on any atom is 0.0636 e. The summed E-state index contributed by atoms with van der Waals surface area (Å²) in [5.74, 6) is 0. The van der Waals surface area contributed by atoms with Gasteiger partial charge in [0, 0.05) is 19.2 Å². The Hall–Kier alpha value is -0.120. The summed E-state index contributed by atoms with van der Waals surface area (Å²) in [5.41, 5.74) is 0. The number of ether oxygens (including phenoxy) is 1. The Labute approximate surface area is 68.8 Å². The van der Waals surface area contributed by atoms with Crippen molar-refractivity contribution >= 4 is 0 Å². The molecule has 0 aromatic rings. The molecule has 0 amide bonds. The fourth-order valence-electron chi connectivity index (χ4n) is 0.725. The molecule has 0 radical (unpaired) electrons. The van der Waals surface area contributed by atoms with Crippen molar-refractivity contribution in [3.63, 3.8) is 0 Å². The summed E-state index contributed by atoms with van der Waals surface area (Å²) >= 11 is 0. The Morgan fingerprint density at radius 1 is 1.45 bits per heavy atom. The highest BCUT2D eigenvalue weighted by Crippen LogP contribution is 1.85. The van der Waals surface area contributed by atoms with Gasteiger partial charge in [-0.2, -0.15) is 0 Å². The van der Waals surface area contributed by atoms with Crippen molar-refractivity contribution in [1.82, 2.24) is 5.32 Å². The first-order chi connectivity index (χ1) is 5.16. The van der Waals surface area contributed by atoms with Crippen LogP contribution in [-0.2, 0) is 4.74 Å². The van der Waals surface area contributed by atoms with Gasteiger partial charge in [-0.1, -0.05) is 0 Å². The van der Waals surface area contributed by atoms with Gasteiger partial charge in [-0.3, -0.25) is 0 Å². The molecule has 0 saturated carbocycles. The molecule has 3 heteroatoms. The molecule has 0 aromatic carbocycles. The van der Waals surface area contributed by atoms with Crippen LogP contribution in [-0.4, -0.2) is 37.0 Å². The quantitative estimate of drug-likeness (QED) is 0.592. The van der Waals surface area contributed by atoms with Crippen LogP contribution >= 0.6 is 0 Å². The maximum absolute atomic E-state index is 8.92. The van der Waals surface area contributed by atoms with E-state index in [1.807, 2.05) is 13.8 Å². The van der Waals surface area contributed by atoms with E-state index in [0.717, 1.165) is 6.61 Å². The molecule has 0 aliphatic heterocycles. The molecule has 3 nitrogen and oxygen atoms in total. The first kappa shape index (κ1) is 10.9. The van der Waals surface area contributed by atoms with Crippen molar-refractivity contribution in [2.75, 3.05) is 19.8 Å². The van der Waals surface area contributed by atoms with E-state index in [1.165, 1.54) is 0 Å². The lowest BCUT2D eigenvalue weighted by Gasteiger charge is -2.14. The minimum atomic E-state index is -0.279. The lowest BCUT2D eigenvalue weighted by molar-refractivity contribution is 0.118. The van der Waals surface area contributed by atoms with E-state index >= 15 is 0 Å². The SMILES string of the molecule is CCOCC(C)NC[C@@H](C)O. The Morgan fingerprint density at radius 3 is 2.55 bits per heavy atom. The summed E-state index contributed by atoms with van der Waals surface area (Å²) in [4.78, 5) is 0. The molecule has 0 heterocycles. The maximum atomic E-state index is 8.92. The van der Waals surface area contributed by atoms with E-state index in [9.17, 15) is 0 Å². The predicted octanol–water partition coefficient (Wildman–Crippen LogP) is 0.382. The second-order valence-corrected chi connectivity index (χ2v) is 2.82. The molecule has 68 valence electrons. The fourth-order valence-corrected chi connectivity index (χ4v) is 0.725. The van der Waals surface area contributed by atoms with Crippen LogP contribution in [0.15, 0.2) is 0 Å². The highest BCUT2D eigenvalue weighted by Gasteiger charge is 2.01. The third-order valence-corrected chi connectivity index (χ3v) is 1.33. The van der Waals surface area contributed by atoms with Gasteiger partial charge in [0.05, 0.1) is 12.7 Å². The summed E-state index contributed by atoms with van der Waals surface area (Å²) < 4.78 is 5.18. The molecule has 0 rings (SSSR count). The second kappa shape index (κ2) is 6.58. The van der Waals surface area contributed by atoms with Crippen molar-refractivity contribution in [1.29, 1.82) is 0 Å². The lowest BCUT2D eigenvalue weighted by atomic mass is 10.3. The fraction of sp³-hybridized carbons (Fsp3) is 1.00. The van der Waals surface area contributed by atoms with Crippen LogP contribution in [0, 0.1) is 0 Å². The molecular weight excluding hydrogens is 142 g/mol. The summed E-state index contributed by atoms with van der Waals surface area (Å²) in [7, 11) is 0. The van der Waals surface area contributed by atoms with E-state index < -0.39 is 0 Å². The van der Waals surface area contributed by atoms with E-state index in [2.05, 4.69) is 5.32 Å². The highest BCUT2D eigenvalue weighted by molar-refractivity contribution is 4.61. The molecule has 0 fully saturated rings. The van der Waals surface area contributed by atoms with E-state index in [-0.39, 0.29) is 6.10 Å². The van der Waals surface area contributed by atoms with Gasteiger partial charge in [-0.05, 0) is 20.8 Å². The van der Waals surface area contributed by atoms with Gasteiger partial charge in [0.2, 0.25) is 0 Å². The first-order valence-corrected chi connectivity index (χ1v) is 4.16. The average molecular weight is 161 g/mol. The monoisotopic (exact) mass is 161 g/mol. The molecular formula is C8H19NO2. The third kappa shape index (κ3) is 7.78. The molecule has 11 heavy (non-hydrogen) atoms. The standard InChI is InChI=1S/C8H19NO2/c1-4-11-6-7(2)9-5-8(3)10/h7-10H,4-6H2,1-3H3/t7?,8-/m1/s1. The Bertz CT molecular complexity index is 86.2.